The van der Waals surface area contributed by atoms with Crippen molar-refractivity contribution >= 4 is 39.7 Å². The molecule has 0 saturated carbocycles. The Morgan fingerprint density at radius 2 is 1.67 bits per heavy atom. The molecule has 0 amide bonds. The molecule has 0 atom stereocenters. The molecule has 1 aliphatic heterocycles. The van der Waals surface area contributed by atoms with E-state index >= 15 is 0 Å². The van der Waals surface area contributed by atoms with Gasteiger partial charge in [-0.15, -0.1) is 0 Å². The van der Waals surface area contributed by atoms with Gasteiger partial charge in [0.25, 0.3) is 0 Å². The highest BCUT2D eigenvalue weighted by Crippen LogP contribution is 2.30. The Bertz CT molecular complexity index is 1270. The third kappa shape index (κ3) is 4.28. The average Bonchev–Trinajstić information content (AvgIpc) is 2.81. The molecule has 1 aromatic heterocycles. The van der Waals surface area contributed by atoms with Crippen molar-refractivity contribution in [3.8, 4) is 0 Å². The number of Topliss-reactive ketones (excluding diaryl/α,β-unsaturated/α-hetero) is 1. The summed E-state index contributed by atoms with van der Waals surface area (Å²) in [6.07, 6.45) is 1.52. The third-order valence-electron chi connectivity index (χ3n) is 6.09. The standard InChI is InChI=1S/C25H28N4O4/c1-4-33-25(32)20-15-27(3)22-14-23(21(26)13-19(22)24(20)31)29-11-9-28(10-12-29)18-7-5-17(6-8-18)16(2)30/h5-8,13-15H,4,9-12,26H2,1-3H3. The van der Waals surface area contributed by atoms with Gasteiger partial charge in [-0.05, 0) is 50.2 Å². The Balaban J connectivity index is 1.58. The zero-order valence-electron chi connectivity index (χ0n) is 19.1. The second-order valence-electron chi connectivity index (χ2n) is 8.21. The summed E-state index contributed by atoms with van der Waals surface area (Å²) in [7, 11) is 1.80. The van der Waals surface area contributed by atoms with E-state index < -0.39 is 5.97 Å². The molecule has 0 unspecified atom stereocenters. The van der Waals surface area contributed by atoms with E-state index in [1.807, 2.05) is 30.3 Å². The number of ketones is 1. The van der Waals surface area contributed by atoms with E-state index in [2.05, 4.69) is 9.80 Å². The summed E-state index contributed by atoms with van der Waals surface area (Å²) in [5.41, 5.74) is 9.85. The number of nitrogens with two attached hydrogens (primary N) is 1. The summed E-state index contributed by atoms with van der Waals surface area (Å²) >= 11 is 0. The van der Waals surface area contributed by atoms with E-state index in [-0.39, 0.29) is 23.4 Å². The quantitative estimate of drug-likeness (QED) is 0.364. The zero-order chi connectivity index (χ0) is 23.7. The number of aromatic nitrogens is 1. The monoisotopic (exact) mass is 448 g/mol. The number of carbonyl (C=O) groups is 2. The minimum absolute atomic E-state index is 0.00315. The molecule has 4 rings (SSSR count). The van der Waals surface area contributed by atoms with Crippen LogP contribution >= 0.6 is 0 Å². The molecule has 2 heterocycles. The van der Waals surface area contributed by atoms with Gasteiger partial charge in [0.1, 0.15) is 5.56 Å². The van der Waals surface area contributed by atoms with Gasteiger partial charge >= 0.3 is 5.97 Å². The highest BCUT2D eigenvalue weighted by Gasteiger charge is 2.22. The maximum absolute atomic E-state index is 12.9. The topological polar surface area (TPSA) is 97.9 Å². The molecule has 1 aliphatic rings. The smallest absolute Gasteiger partial charge is 0.343 e. The van der Waals surface area contributed by atoms with Gasteiger partial charge in [-0.2, -0.15) is 0 Å². The molecule has 0 aliphatic carbocycles. The Kier molecular flexibility index (Phi) is 6.09. The largest absolute Gasteiger partial charge is 0.462 e. The fourth-order valence-electron chi connectivity index (χ4n) is 4.28. The minimum Gasteiger partial charge on any atom is -0.462 e. The second-order valence-corrected chi connectivity index (χ2v) is 8.21. The van der Waals surface area contributed by atoms with Gasteiger partial charge in [0, 0.05) is 56.1 Å². The molecule has 3 aromatic rings. The zero-order valence-corrected chi connectivity index (χ0v) is 19.1. The highest BCUT2D eigenvalue weighted by molar-refractivity contribution is 5.96. The van der Waals surface area contributed by atoms with Crippen molar-refractivity contribution < 1.29 is 14.3 Å². The van der Waals surface area contributed by atoms with Gasteiger partial charge in [0.2, 0.25) is 5.43 Å². The first-order chi connectivity index (χ1) is 15.8. The summed E-state index contributed by atoms with van der Waals surface area (Å²) < 4.78 is 6.78. The molecule has 172 valence electrons. The number of rotatable bonds is 5. The lowest BCUT2D eigenvalue weighted by atomic mass is 10.1. The molecule has 2 N–H and O–H groups in total. The Hall–Kier alpha value is -3.81. The molecular formula is C25H28N4O4. The maximum Gasteiger partial charge on any atom is 0.343 e. The molecule has 8 nitrogen and oxygen atoms in total. The van der Waals surface area contributed by atoms with Crippen LogP contribution in [0.2, 0.25) is 0 Å². The Labute approximate surface area is 192 Å². The Morgan fingerprint density at radius 1 is 1.03 bits per heavy atom. The number of pyridine rings is 1. The predicted octanol–water partition coefficient (Wildman–Crippen LogP) is 2.83. The number of anilines is 3. The molecule has 2 aromatic carbocycles. The summed E-state index contributed by atoms with van der Waals surface area (Å²) in [5, 5.41) is 0.397. The van der Waals surface area contributed by atoms with E-state index in [9.17, 15) is 14.4 Å². The predicted molar refractivity (Wildman–Crippen MR) is 130 cm³/mol. The van der Waals surface area contributed by atoms with Crippen LogP contribution in [-0.4, -0.2) is 49.1 Å². The van der Waals surface area contributed by atoms with Gasteiger partial charge in [0.05, 0.1) is 23.5 Å². The van der Waals surface area contributed by atoms with Crippen LogP contribution in [0, 0.1) is 0 Å². The number of nitrogens with zero attached hydrogens (tertiary/aromatic N) is 3. The van der Waals surface area contributed by atoms with Crippen LogP contribution in [0.25, 0.3) is 10.9 Å². The van der Waals surface area contributed by atoms with Gasteiger partial charge in [-0.25, -0.2) is 4.79 Å². The lowest BCUT2D eigenvalue weighted by molar-refractivity contribution is 0.0524. The SMILES string of the molecule is CCOC(=O)c1cn(C)c2cc(N3CCN(c4ccc(C(C)=O)cc4)CC3)c(N)cc2c1=O. The Morgan fingerprint density at radius 3 is 2.27 bits per heavy atom. The fourth-order valence-corrected chi connectivity index (χ4v) is 4.28. The summed E-state index contributed by atoms with van der Waals surface area (Å²) in [6, 6.07) is 11.2. The first kappa shape index (κ1) is 22.4. The molecule has 1 saturated heterocycles. The number of carbonyl (C=O) groups excluding carboxylic acids is 2. The van der Waals surface area contributed by atoms with Gasteiger partial charge in [0.15, 0.2) is 5.78 Å². The molecule has 0 spiro atoms. The van der Waals surface area contributed by atoms with E-state index in [0.29, 0.717) is 22.2 Å². The number of hydrogen-bond donors (Lipinski definition) is 1. The van der Waals surface area contributed by atoms with Crippen molar-refractivity contribution in [3.05, 3.63) is 63.9 Å². The van der Waals surface area contributed by atoms with Crippen molar-refractivity contribution in [1.82, 2.24) is 4.57 Å². The van der Waals surface area contributed by atoms with Crippen molar-refractivity contribution in [3.63, 3.8) is 0 Å². The number of ether oxygens (including phenoxy) is 1. The first-order valence-corrected chi connectivity index (χ1v) is 11.0. The molecule has 8 heteroatoms. The minimum atomic E-state index is -0.630. The van der Waals surface area contributed by atoms with Crippen molar-refractivity contribution in [2.75, 3.05) is 48.3 Å². The van der Waals surface area contributed by atoms with Crippen LogP contribution in [-0.2, 0) is 11.8 Å². The molecule has 33 heavy (non-hydrogen) atoms. The second kappa shape index (κ2) is 8.97. The lowest BCUT2D eigenvalue weighted by Gasteiger charge is -2.38. The van der Waals surface area contributed by atoms with E-state index in [1.54, 1.807) is 31.5 Å². The van der Waals surface area contributed by atoms with Crippen LogP contribution in [0.1, 0.15) is 34.6 Å². The fraction of sp³-hybridized carbons (Fsp3) is 0.320. The van der Waals surface area contributed by atoms with Crippen LogP contribution in [0.3, 0.4) is 0 Å². The van der Waals surface area contributed by atoms with E-state index in [0.717, 1.165) is 37.6 Å². The van der Waals surface area contributed by atoms with Gasteiger partial charge in [-0.1, -0.05) is 0 Å². The average molecular weight is 449 g/mol. The van der Waals surface area contributed by atoms with Gasteiger partial charge < -0.3 is 24.8 Å². The normalized spacial score (nSPS) is 13.9. The highest BCUT2D eigenvalue weighted by atomic mass is 16.5. The molecule has 1 fully saturated rings. The number of benzene rings is 2. The van der Waals surface area contributed by atoms with Crippen molar-refractivity contribution in [2.24, 2.45) is 7.05 Å². The van der Waals surface area contributed by atoms with Crippen LogP contribution < -0.4 is 21.0 Å². The first-order valence-electron chi connectivity index (χ1n) is 11.0. The molecule has 0 bridgehead atoms. The summed E-state index contributed by atoms with van der Waals surface area (Å²) in [6.45, 7) is 6.60. The number of aryl methyl sites for hydroxylation is 1. The summed E-state index contributed by atoms with van der Waals surface area (Å²) in [5.74, 6) is -0.572. The van der Waals surface area contributed by atoms with Crippen LogP contribution in [0.5, 0.6) is 0 Å². The number of nitrogen functional groups attached to an aromatic ring is 1. The lowest BCUT2D eigenvalue weighted by Crippen LogP contribution is -2.46. The third-order valence-corrected chi connectivity index (χ3v) is 6.09. The maximum atomic E-state index is 12.9. The van der Waals surface area contributed by atoms with Crippen LogP contribution in [0.4, 0.5) is 17.1 Å². The molecule has 0 radical (unpaired) electrons. The number of hydrogen-bond acceptors (Lipinski definition) is 7. The number of piperazine rings is 1. The van der Waals surface area contributed by atoms with Gasteiger partial charge in [-0.3, -0.25) is 9.59 Å². The number of esters is 1. The molecular weight excluding hydrogens is 420 g/mol. The van der Waals surface area contributed by atoms with E-state index in [1.165, 1.54) is 6.20 Å². The van der Waals surface area contributed by atoms with Crippen molar-refractivity contribution in [1.29, 1.82) is 0 Å². The van der Waals surface area contributed by atoms with Crippen LogP contribution in [0.15, 0.2) is 47.4 Å². The van der Waals surface area contributed by atoms with Crippen molar-refractivity contribution in [2.45, 2.75) is 13.8 Å². The van der Waals surface area contributed by atoms with E-state index in [4.69, 9.17) is 10.5 Å². The number of fused-ring (bicyclic) bond motifs is 1. The summed E-state index contributed by atoms with van der Waals surface area (Å²) in [4.78, 5) is 41.0.